The van der Waals surface area contributed by atoms with E-state index in [0.29, 0.717) is 25.7 Å². The van der Waals surface area contributed by atoms with Gasteiger partial charge < -0.3 is 33.8 Å². The minimum atomic E-state index is -4.96. The van der Waals surface area contributed by atoms with Crippen LogP contribution in [0.3, 0.4) is 0 Å². The first-order valence-electron chi connectivity index (χ1n) is 42.9. The average Bonchev–Trinajstić information content (AvgIpc) is 0.921. The number of carbonyl (C=O) groups excluding carboxylic acids is 4. The molecule has 0 radical (unpaired) electrons. The number of aliphatic hydroxyl groups excluding tert-OH is 1. The van der Waals surface area contributed by atoms with E-state index in [1.807, 2.05) is 0 Å². The molecule has 0 spiro atoms. The lowest BCUT2D eigenvalue weighted by Crippen LogP contribution is -2.30. The molecule has 0 saturated carbocycles. The smallest absolute Gasteiger partial charge is 0.462 e. The van der Waals surface area contributed by atoms with Gasteiger partial charge in [-0.1, -0.05) is 382 Å². The summed E-state index contributed by atoms with van der Waals surface area (Å²) in [7, 11) is -9.93. The Morgan fingerprint density at radius 2 is 0.500 bits per heavy atom. The van der Waals surface area contributed by atoms with E-state index in [-0.39, 0.29) is 25.7 Å². The molecule has 17 nitrogen and oxygen atoms in total. The van der Waals surface area contributed by atoms with Crippen LogP contribution in [-0.2, 0) is 65.4 Å². The third kappa shape index (κ3) is 74.9. The van der Waals surface area contributed by atoms with Crippen molar-refractivity contribution in [2.24, 2.45) is 17.8 Å². The second kappa shape index (κ2) is 73.2. The van der Waals surface area contributed by atoms with Crippen molar-refractivity contribution in [2.75, 3.05) is 39.6 Å². The number of hydrogen-bond acceptors (Lipinski definition) is 15. The molecule has 3 unspecified atom stereocenters. The lowest BCUT2D eigenvalue weighted by Gasteiger charge is -2.21. The summed E-state index contributed by atoms with van der Waals surface area (Å²) in [6, 6.07) is 0. The van der Waals surface area contributed by atoms with Crippen LogP contribution < -0.4 is 0 Å². The van der Waals surface area contributed by atoms with Crippen LogP contribution in [0.25, 0.3) is 0 Å². The minimum Gasteiger partial charge on any atom is -0.462 e. The predicted molar refractivity (Wildman–Crippen MR) is 418 cm³/mol. The lowest BCUT2D eigenvalue weighted by atomic mass is 9.99. The summed E-state index contributed by atoms with van der Waals surface area (Å²) in [4.78, 5) is 73.1. The molecule has 6 atom stereocenters. The highest BCUT2D eigenvalue weighted by Crippen LogP contribution is 2.45. The van der Waals surface area contributed by atoms with E-state index >= 15 is 0 Å². The fraction of sp³-hybridized carbons (Fsp3) is 0.952. The number of aliphatic hydroxyl groups is 1. The lowest BCUT2D eigenvalue weighted by molar-refractivity contribution is -0.161. The second-order valence-corrected chi connectivity index (χ2v) is 34.0. The van der Waals surface area contributed by atoms with Crippen molar-refractivity contribution in [3.8, 4) is 0 Å². The first-order valence-corrected chi connectivity index (χ1v) is 45.9. The van der Waals surface area contributed by atoms with Gasteiger partial charge in [-0.25, -0.2) is 9.13 Å². The molecule has 102 heavy (non-hydrogen) atoms. The van der Waals surface area contributed by atoms with Gasteiger partial charge in [0.25, 0.3) is 0 Å². The molecule has 19 heteroatoms. The number of phosphoric acid groups is 2. The number of esters is 4. The van der Waals surface area contributed by atoms with Crippen LogP contribution in [0, 0.1) is 17.8 Å². The zero-order chi connectivity index (χ0) is 75.1. The summed E-state index contributed by atoms with van der Waals surface area (Å²) in [5, 5.41) is 10.7. The fourth-order valence-electron chi connectivity index (χ4n) is 12.8. The molecule has 0 heterocycles. The quantitative estimate of drug-likeness (QED) is 0.0222. The highest BCUT2D eigenvalue weighted by Gasteiger charge is 2.30. The number of unbranched alkanes of at least 4 members (excludes halogenated alkanes) is 48. The molecule has 0 amide bonds. The predicted octanol–water partition coefficient (Wildman–Crippen LogP) is 24.9. The van der Waals surface area contributed by atoms with Gasteiger partial charge in [0, 0.05) is 25.7 Å². The van der Waals surface area contributed by atoms with Crippen molar-refractivity contribution in [2.45, 2.75) is 452 Å². The Bertz CT molecular complexity index is 1980. The van der Waals surface area contributed by atoms with Crippen molar-refractivity contribution in [1.82, 2.24) is 0 Å². The first-order chi connectivity index (χ1) is 49.3. The highest BCUT2D eigenvalue weighted by atomic mass is 31.2. The van der Waals surface area contributed by atoms with Gasteiger partial charge in [-0.2, -0.15) is 0 Å². The molecule has 0 rings (SSSR count). The van der Waals surface area contributed by atoms with Gasteiger partial charge in [0.2, 0.25) is 0 Å². The minimum absolute atomic E-state index is 0.108. The second-order valence-electron chi connectivity index (χ2n) is 31.1. The Labute approximate surface area is 626 Å². The third-order valence-electron chi connectivity index (χ3n) is 19.7. The van der Waals surface area contributed by atoms with Gasteiger partial charge in [-0.05, 0) is 43.4 Å². The van der Waals surface area contributed by atoms with Crippen molar-refractivity contribution in [3.63, 3.8) is 0 Å². The van der Waals surface area contributed by atoms with Crippen LogP contribution in [0.4, 0.5) is 0 Å². The Balaban J connectivity index is 5.26. The molecular formula is C83H162O17P2. The highest BCUT2D eigenvalue weighted by molar-refractivity contribution is 7.47. The Kier molecular flexibility index (Phi) is 71.8. The van der Waals surface area contributed by atoms with Crippen LogP contribution >= 0.6 is 15.6 Å². The van der Waals surface area contributed by atoms with E-state index in [2.05, 4.69) is 48.5 Å². The largest absolute Gasteiger partial charge is 0.472 e. The van der Waals surface area contributed by atoms with Crippen molar-refractivity contribution in [1.29, 1.82) is 0 Å². The molecular weight excluding hydrogens is 1330 g/mol. The summed E-state index contributed by atoms with van der Waals surface area (Å²) in [6.45, 7) is 12.0. The van der Waals surface area contributed by atoms with Crippen molar-refractivity contribution < 1.29 is 80.2 Å². The maximum Gasteiger partial charge on any atom is 0.472 e. The van der Waals surface area contributed by atoms with Crippen LogP contribution in [0.5, 0.6) is 0 Å². The first kappa shape index (κ1) is 100. The van der Waals surface area contributed by atoms with E-state index in [4.69, 9.17) is 37.0 Å². The molecule has 0 saturated heterocycles. The molecule has 0 aliphatic carbocycles. The Morgan fingerprint density at radius 1 is 0.284 bits per heavy atom. The zero-order valence-electron chi connectivity index (χ0n) is 67.1. The number of ether oxygens (including phenoxy) is 4. The maximum absolute atomic E-state index is 13.1. The van der Waals surface area contributed by atoms with Crippen LogP contribution in [0.1, 0.15) is 434 Å². The van der Waals surface area contributed by atoms with E-state index in [0.717, 1.165) is 108 Å². The van der Waals surface area contributed by atoms with Gasteiger partial charge in [0.1, 0.15) is 19.3 Å². The molecule has 0 bridgehead atoms. The van der Waals surface area contributed by atoms with Gasteiger partial charge >= 0.3 is 39.5 Å². The van der Waals surface area contributed by atoms with Crippen LogP contribution in [-0.4, -0.2) is 96.7 Å². The standard InChI is InChI=1S/C83H162O17P2/c1-8-10-11-12-13-14-15-16-17-18-26-31-36-45-52-59-66-83(88)100-79(71-94-81(86)65-58-51-44-39-38-41-48-55-62-75(5)6)73-98-102(91,92)96-69-77(84)68-95-101(89,90)97-72-78(70-93-80(85)64-57-50-43-35-30-25-21-19-23-28-33-40-47-54-61-74(3)4)99-82(87)67-60-53-46-37-32-27-22-20-24-29-34-42-49-56-63-76(7)9-2/h74-79,84H,8-73H2,1-7H3,(H,89,90)(H,91,92)/t76?,77-,78-,79-/m1/s1. The van der Waals surface area contributed by atoms with Crippen molar-refractivity contribution in [3.05, 3.63) is 0 Å². The summed E-state index contributed by atoms with van der Waals surface area (Å²) in [6.07, 6.45) is 62.3. The zero-order valence-corrected chi connectivity index (χ0v) is 68.9. The molecule has 0 aliphatic rings. The summed E-state index contributed by atoms with van der Waals surface area (Å²) >= 11 is 0. The van der Waals surface area contributed by atoms with Crippen LogP contribution in [0.15, 0.2) is 0 Å². The topological polar surface area (TPSA) is 237 Å². The SMILES string of the molecule is CCCCCCCCCCCCCCCCCCC(=O)O[C@H](COC(=O)CCCCCCCCCCC(C)C)COP(=O)(O)OC[C@H](O)COP(=O)(O)OC[C@@H](COC(=O)CCCCCCCCCCCCCCCCC(C)C)OC(=O)CCCCCCCCCCCCCCCCC(C)CC. The molecule has 0 aromatic rings. The molecule has 606 valence electrons. The number of hydrogen-bond donors (Lipinski definition) is 3. The van der Waals surface area contributed by atoms with E-state index < -0.39 is 97.5 Å². The monoisotopic (exact) mass is 1490 g/mol. The van der Waals surface area contributed by atoms with E-state index in [1.54, 1.807) is 0 Å². The fourth-order valence-corrected chi connectivity index (χ4v) is 14.4. The summed E-state index contributed by atoms with van der Waals surface area (Å²) in [5.41, 5.74) is 0. The molecule has 0 aromatic carbocycles. The van der Waals surface area contributed by atoms with Gasteiger partial charge in [-0.15, -0.1) is 0 Å². The maximum atomic E-state index is 13.1. The normalized spacial score (nSPS) is 14.2. The number of rotatable bonds is 81. The Hall–Kier alpha value is -1.94. The van der Waals surface area contributed by atoms with E-state index in [1.165, 1.54) is 244 Å². The van der Waals surface area contributed by atoms with Gasteiger partial charge in [0.05, 0.1) is 26.4 Å². The number of phosphoric ester groups is 2. The summed E-state index contributed by atoms with van der Waals surface area (Å²) < 4.78 is 68.8. The Morgan fingerprint density at radius 3 is 0.745 bits per heavy atom. The molecule has 0 aromatic heterocycles. The number of carbonyl (C=O) groups is 4. The van der Waals surface area contributed by atoms with Gasteiger partial charge in [-0.3, -0.25) is 37.3 Å². The van der Waals surface area contributed by atoms with Crippen LogP contribution in [0.2, 0.25) is 0 Å². The van der Waals surface area contributed by atoms with Gasteiger partial charge in [0.15, 0.2) is 12.2 Å². The average molecular weight is 1490 g/mol. The summed E-state index contributed by atoms with van der Waals surface area (Å²) in [5.74, 6) is 0.264. The molecule has 0 fully saturated rings. The van der Waals surface area contributed by atoms with E-state index in [9.17, 15) is 43.2 Å². The third-order valence-corrected chi connectivity index (χ3v) is 21.6. The molecule has 0 aliphatic heterocycles. The molecule has 3 N–H and O–H groups in total. The van der Waals surface area contributed by atoms with Crippen molar-refractivity contribution >= 4 is 39.5 Å².